The van der Waals surface area contributed by atoms with Crippen molar-refractivity contribution < 1.29 is 14.3 Å². The molecule has 0 N–H and O–H groups in total. The molecule has 0 bridgehead atoms. The molecule has 2 aliphatic rings. The van der Waals surface area contributed by atoms with E-state index >= 15 is 0 Å². The minimum Gasteiger partial charge on any atom is -0.449 e. The molecule has 4 heteroatoms. The molecule has 0 aromatic rings. The summed E-state index contributed by atoms with van der Waals surface area (Å²) in [6.07, 6.45) is 3.70. The van der Waals surface area contributed by atoms with Gasteiger partial charge < -0.3 is 9.64 Å². The lowest BCUT2D eigenvalue weighted by Crippen LogP contribution is -2.64. The SMILES string of the molecule is CCCCOC(=O)N1CC2(CC(C(C)=O)C2)C1. The smallest absolute Gasteiger partial charge is 0.409 e. The highest BCUT2D eigenvalue weighted by Gasteiger charge is 2.55. The molecule has 2 fully saturated rings. The van der Waals surface area contributed by atoms with Crippen LogP contribution in [0.1, 0.15) is 39.5 Å². The molecular weight excluding hydrogens is 218 g/mol. The minimum atomic E-state index is -0.185. The molecular formula is C13H21NO3. The predicted molar refractivity (Wildman–Crippen MR) is 63.7 cm³/mol. The van der Waals surface area contributed by atoms with Gasteiger partial charge in [-0.15, -0.1) is 0 Å². The third-order valence-electron chi connectivity index (χ3n) is 3.97. The van der Waals surface area contributed by atoms with Gasteiger partial charge in [-0.1, -0.05) is 13.3 Å². The maximum atomic E-state index is 11.6. The first kappa shape index (κ1) is 12.4. The third kappa shape index (κ3) is 2.45. The lowest BCUT2D eigenvalue weighted by Gasteiger charge is -2.57. The zero-order valence-corrected chi connectivity index (χ0v) is 10.7. The maximum absolute atomic E-state index is 11.6. The van der Waals surface area contributed by atoms with E-state index in [1.54, 1.807) is 11.8 Å². The van der Waals surface area contributed by atoms with Gasteiger partial charge in [0.15, 0.2) is 0 Å². The van der Waals surface area contributed by atoms with Crippen LogP contribution in [0.2, 0.25) is 0 Å². The fraction of sp³-hybridized carbons (Fsp3) is 0.846. The monoisotopic (exact) mass is 239 g/mol. The van der Waals surface area contributed by atoms with Gasteiger partial charge in [0.05, 0.1) is 6.61 Å². The number of carbonyl (C=O) groups is 2. The largest absolute Gasteiger partial charge is 0.449 e. The normalized spacial score (nSPS) is 21.9. The summed E-state index contributed by atoms with van der Waals surface area (Å²) >= 11 is 0. The number of amides is 1. The Hall–Kier alpha value is -1.06. The van der Waals surface area contributed by atoms with Crippen LogP contribution in [0.25, 0.3) is 0 Å². The molecule has 0 atom stereocenters. The van der Waals surface area contributed by atoms with Crippen molar-refractivity contribution in [3.8, 4) is 0 Å². The Bertz CT molecular complexity index is 313. The molecule has 1 saturated heterocycles. The number of nitrogens with zero attached hydrogens (tertiary/aromatic N) is 1. The van der Waals surface area contributed by atoms with Crippen molar-refractivity contribution in [3.63, 3.8) is 0 Å². The standard InChI is InChI=1S/C13H21NO3/c1-3-4-5-17-12(16)14-8-13(9-14)6-11(7-13)10(2)15/h11H,3-9H2,1-2H3. The van der Waals surface area contributed by atoms with Gasteiger partial charge in [0, 0.05) is 24.4 Å². The lowest BCUT2D eigenvalue weighted by molar-refractivity contribution is -0.137. The van der Waals surface area contributed by atoms with Crippen molar-refractivity contribution in [2.24, 2.45) is 11.3 Å². The minimum absolute atomic E-state index is 0.185. The second kappa shape index (κ2) is 4.67. The van der Waals surface area contributed by atoms with E-state index < -0.39 is 0 Å². The van der Waals surface area contributed by atoms with Crippen molar-refractivity contribution >= 4 is 11.9 Å². The highest BCUT2D eigenvalue weighted by Crippen LogP contribution is 2.52. The molecule has 1 aliphatic heterocycles. The van der Waals surface area contributed by atoms with Crippen molar-refractivity contribution in [3.05, 3.63) is 0 Å². The number of hydrogen-bond donors (Lipinski definition) is 0. The molecule has 2 rings (SSSR count). The summed E-state index contributed by atoms with van der Waals surface area (Å²) in [5.74, 6) is 0.535. The zero-order chi connectivity index (χ0) is 12.5. The topological polar surface area (TPSA) is 46.6 Å². The van der Waals surface area contributed by atoms with E-state index in [9.17, 15) is 9.59 Å². The first-order valence-corrected chi connectivity index (χ1v) is 6.48. The Kier molecular flexibility index (Phi) is 3.40. The average Bonchev–Trinajstić information content (AvgIpc) is 2.13. The van der Waals surface area contributed by atoms with Gasteiger partial charge in [-0.2, -0.15) is 0 Å². The van der Waals surface area contributed by atoms with Crippen LogP contribution in [0, 0.1) is 11.3 Å². The van der Waals surface area contributed by atoms with Crippen LogP contribution in [0.4, 0.5) is 4.79 Å². The Morgan fingerprint density at radius 2 is 2.00 bits per heavy atom. The van der Waals surface area contributed by atoms with Crippen LogP contribution in [0.3, 0.4) is 0 Å². The number of rotatable bonds is 4. The van der Waals surface area contributed by atoms with E-state index in [1.807, 2.05) is 0 Å². The van der Waals surface area contributed by atoms with Gasteiger partial charge in [0.2, 0.25) is 0 Å². The van der Waals surface area contributed by atoms with E-state index in [2.05, 4.69) is 6.92 Å². The number of ether oxygens (including phenoxy) is 1. The van der Waals surface area contributed by atoms with E-state index in [0.29, 0.717) is 12.4 Å². The summed E-state index contributed by atoms with van der Waals surface area (Å²) in [5, 5.41) is 0. The summed E-state index contributed by atoms with van der Waals surface area (Å²) in [5.41, 5.74) is 0.250. The first-order chi connectivity index (χ1) is 8.06. The molecule has 4 nitrogen and oxygen atoms in total. The highest BCUT2D eigenvalue weighted by atomic mass is 16.6. The molecule has 1 amide bonds. The Morgan fingerprint density at radius 1 is 1.35 bits per heavy atom. The van der Waals surface area contributed by atoms with Gasteiger partial charge in [-0.05, 0) is 26.2 Å². The molecule has 96 valence electrons. The fourth-order valence-electron chi connectivity index (χ4n) is 2.82. The molecule has 0 aromatic heterocycles. The van der Waals surface area contributed by atoms with E-state index in [0.717, 1.165) is 38.8 Å². The third-order valence-corrected chi connectivity index (χ3v) is 3.97. The maximum Gasteiger partial charge on any atom is 0.409 e. The van der Waals surface area contributed by atoms with E-state index in [-0.39, 0.29) is 17.4 Å². The molecule has 1 aliphatic carbocycles. The van der Waals surface area contributed by atoms with Crippen molar-refractivity contribution in [1.82, 2.24) is 4.90 Å². The van der Waals surface area contributed by atoms with E-state index in [1.165, 1.54) is 0 Å². The number of hydrogen-bond acceptors (Lipinski definition) is 3. The lowest BCUT2D eigenvalue weighted by atomic mass is 9.57. The molecule has 1 saturated carbocycles. The van der Waals surface area contributed by atoms with Gasteiger partial charge in [-0.3, -0.25) is 4.79 Å². The Morgan fingerprint density at radius 3 is 2.53 bits per heavy atom. The molecule has 1 spiro atoms. The molecule has 1 heterocycles. The fourth-order valence-corrected chi connectivity index (χ4v) is 2.82. The summed E-state index contributed by atoms with van der Waals surface area (Å²) < 4.78 is 5.14. The van der Waals surface area contributed by atoms with Crippen molar-refractivity contribution in [2.45, 2.75) is 39.5 Å². The number of Topliss-reactive ketones (excluding diaryl/α,β-unsaturated/α-hetero) is 1. The summed E-state index contributed by atoms with van der Waals surface area (Å²) in [6, 6.07) is 0. The number of ketones is 1. The van der Waals surface area contributed by atoms with Crippen LogP contribution in [0.5, 0.6) is 0 Å². The van der Waals surface area contributed by atoms with E-state index in [4.69, 9.17) is 4.74 Å². The van der Waals surface area contributed by atoms with Gasteiger partial charge in [-0.25, -0.2) is 4.79 Å². The number of likely N-dealkylation sites (tertiary alicyclic amines) is 1. The van der Waals surface area contributed by atoms with Crippen LogP contribution < -0.4 is 0 Å². The molecule has 0 unspecified atom stereocenters. The van der Waals surface area contributed by atoms with Crippen LogP contribution in [-0.2, 0) is 9.53 Å². The summed E-state index contributed by atoms with van der Waals surface area (Å²) in [7, 11) is 0. The zero-order valence-electron chi connectivity index (χ0n) is 10.7. The van der Waals surface area contributed by atoms with Gasteiger partial charge >= 0.3 is 6.09 Å². The number of carbonyl (C=O) groups excluding carboxylic acids is 2. The Labute approximate surface area is 102 Å². The Balaban J connectivity index is 1.66. The van der Waals surface area contributed by atoms with Crippen molar-refractivity contribution in [1.29, 1.82) is 0 Å². The average molecular weight is 239 g/mol. The first-order valence-electron chi connectivity index (χ1n) is 6.48. The molecule has 0 aromatic carbocycles. The van der Waals surface area contributed by atoms with Crippen LogP contribution in [-0.4, -0.2) is 36.5 Å². The highest BCUT2D eigenvalue weighted by molar-refractivity contribution is 5.80. The molecule has 0 radical (unpaired) electrons. The second-order valence-electron chi connectivity index (χ2n) is 5.54. The number of unbranched alkanes of at least 4 members (excludes halogenated alkanes) is 1. The van der Waals surface area contributed by atoms with Crippen molar-refractivity contribution in [2.75, 3.05) is 19.7 Å². The van der Waals surface area contributed by atoms with Crippen LogP contribution in [0.15, 0.2) is 0 Å². The molecule has 17 heavy (non-hydrogen) atoms. The van der Waals surface area contributed by atoms with Gasteiger partial charge in [0.25, 0.3) is 0 Å². The summed E-state index contributed by atoms with van der Waals surface area (Å²) in [6.45, 7) is 5.81. The second-order valence-corrected chi connectivity index (χ2v) is 5.54. The van der Waals surface area contributed by atoms with Crippen LogP contribution >= 0.6 is 0 Å². The quantitative estimate of drug-likeness (QED) is 0.707. The van der Waals surface area contributed by atoms with Gasteiger partial charge in [0.1, 0.15) is 5.78 Å². The predicted octanol–water partition coefficient (Wildman–Crippen LogP) is 2.22. The summed E-state index contributed by atoms with van der Waals surface area (Å²) in [4.78, 5) is 24.5.